The molecule has 146 valence electrons. The summed E-state index contributed by atoms with van der Waals surface area (Å²) in [6, 6.07) is 7.84. The number of nitrogens with zero attached hydrogens (tertiary/aromatic N) is 5. The zero-order chi connectivity index (χ0) is 19.9. The summed E-state index contributed by atoms with van der Waals surface area (Å²) in [5.74, 6) is 0.500. The first-order chi connectivity index (χ1) is 13.5. The van der Waals surface area contributed by atoms with Crippen molar-refractivity contribution in [3.05, 3.63) is 64.7 Å². The number of amides is 1. The monoisotopic (exact) mass is 384 g/mol. The molecule has 0 radical (unpaired) electrons. The molecular weight excluding hydrogens is 364 g/mol. The van der Waals surface area contributed by atoms with E-state index >= 15 is 0 Å². The van der Waals surface area contributed by atoms with Crippen molar-refractivity contribution in [3.8, 4) is 5.75 Å². The van der Waals surface area contributed by atoms with Crippen LogP contribution in [0.25, 0.3) is 0 Å². The van der Waals surface area contributed by atoms with E-state index in [0.29, 0.717) is 5.69 Å². The van der Waals surface area contributed by atoms with Gasteiger partial charge in [0.1, 0.15) is 18.1 Å². The lowest BCUT2D eigenvalue weighted by atomic mass is 10.2. The fourth-order valence-corrected chi connectivity index (χ4v) is 2.47. The SMILES string of the molecule is CCc1ccc(OCn2cc(NC(=O)CCn3cc([N+](=O)[O-])cn3)cn2)cc1. The van der Waals surface area contributed by atoms with Gasteiger partial charge in [-0.25, -0.2) is 4.68 Å². The quantitative estimate of drug-likeness (QED) is 0.448. The Balaban J connectivity index is 1.45. The molecule has 3 aromatic rings. The lowest BCUT2D eigenvalue weighted by Crippen LogP contribution is -2.14. The third-order valence-electron chi connectivity index (χ3n) is 4.01. The predicted molar refractivity (Wildman–Crippen MR) is 101 cm³/mol. The number of nitro groups is 1. The molecule has 28 heavy (non-hydrogen) atoms. The Morgan fingerprint density at radius 3 is 2.61 bits per heavy atom. The number of aryl methyl sites for hydroxylation is 2. The van der Waals surface area contributed by atoms with Crippen molar-refractivity contribution in [2.75, 3.05) is 5.32 Å². The maximum Gasteiger partial charge on any atom is 0.306 e. The van der Waals surface area contributed by atoms with Crippen LogP contribution in [0.3, 0.4) is 0 Å². The first-order valence-electron chi connectivity index (χ1n) is 8.74. The highest BCUT2D eigenvalue weighted by Gasteiger charge is 2.10. The maximum absolute atomic E-state index is 12.0. The molecule has 1 aromatic carbocycles. The fourth-order valence-electron chi connectivity index (χ4n) is 2.47. The highest BCUT2D eigenvalue weighted by atomic mass is 16.6. The van der Waals surface area contributed by atoms with E-state index in [1.165, 1.54) is 22.6 Å². The first-order valence-corrected chi connectivity index (χ1v) is 8.74. The van der Waals surface area contributed by atoms with Crippen molar-refractivity contribution in [1.82, 2.24) is 19.6 Å². The molecule has 1 N–H and O–H groups in total. The molecule has 0 aliphatic rings. The van der Waals surface area contributed by atoms with Crippen LogP contribution < -0.4 is 10.1 Å². The number of nitrogens with one attached hydrogen (secondary N) is 1. The van der Waals surface area contributed by atoms with E-state index in [4.69, 9.17) is 4.74 Å². The minimum atomic E-state index is -0.530. The van der Waals surface area contributed by atoms with E-state index in [1.807, 2.05) is 24.3 Å². The Hall–Kier alpha value is -3.69. The van der Waals surface area contributed by atoms with Gasteiger partial charge in [0, 0.05) is 13.0 Å². The fraction of sp³-hybridized carbons (Fsp3) is 0.278. The van der Waals surface area contributed by atoms with Crippen LogP contribution in [0.15, 0.2) is 49.1 Å². The zero-order valence-electron chi connectivity index (χ0n) is 15.3. The Morgan fingerprint density at radius 1 is 1.18 bits per heavy atom. The van der Waals surface area contributed by atoms with Crippen LogP contribution in [0.5, 0.6) is 5.75 Å². The van der Waals surface area contributed by atoms with Gasteiger partial charge in [-0.05, 0) is 24.1 Å². The third-order valence-corrected chi connectivity index (χ3v) is 4.01. The molecule has 0 aliphatic heterocycles. The molecule has 0 saturated carbocycles. The number of carbonyl (C=O) groups excluding carboxylic acids is 1. The predicted octanol–water partition coefficient (Wildman–Crippen LogP) is 2.62. The number of benzene rings is 1. The number of anilines is 1. The van der Waals surface area contributed by atoms with Crippen molar-refractivity contribution in [1.29, 1.82) is 0 Å². The first kappa shape index (κ1) is 19.1. The lowest BCUT2D eigenvalue weighted by Gasteiger charge is -2.06. The Kier molecular flexibility index (Phi) is 6.00. The molecule has 10 heteroatoms. The molecule has 10 nitrogen and oxygen atoms in total. The summed E-state index contributed by atoms with van der Waals surface area (Å²) in [7, 11) is 0. The van der Waals surface area contributed by atoms with Crippen molar-refractivity contribution in [3.63, 3.8) is 0 Å². The number of carbonyl (C=O) groups is 1. The van der Waals surface area contributed by atoms with Gasteiger partial charge in [0.2, 0.25) is 5.91 Å². The zero-order valence-corrected chi connectivity index (χ0v) is 15.3. The molecule has 0 saturated heterocycles. The normalized spacial score (nSPS) is 10.6. The second-order valence-electron chi connectivity index (χ2n) is 6.06. The van der Waals surface area contributed by atoms with Crippen LogP contribution in [0.2, 0.25) is 0 Å². The largest absolute Gasteiger partial charge is 0.471 e. The number of hydrogen-bond acceptors (Lipinski definition) is 6. The average Bonchev–Trinajstić information content (AvgIpc) is 3.35. The van der Waals surface area contributed by atoms with E-state index in [0.717, 1.165) is 18.4 Å². The van der Waals surface area contributed by atoms with Gasteiger partial charge in [0.15, 0.2) is 6.73 Å². The minimum Gasteiger partial charge on any atom is -0.471 e. The van der Waals surface area contributed by atoms with Crippen LogP contribution in [0, 0.1) is 10.1 Å². The molecule has 2 aromatic heterocycles. The van der Waals surface area contributed by atoms with Crippen LogP contribution in [0.4, 0.5) is 11.4 Å². The van der Waals surface area contributed by atoms with E-state index in [1.54, 1.807) is 10.9 Å². The highest BCUT2D eigenvalue weighted by Crippen LogP contribution is 2.14. The van der Waals surface area contributed by atoms with Gasteiger partial charge < -0.3 is 10.1 Å². The standard InChI is InChI=1S/C18H20N6O4/c1-2-14-3-5-17(6-4-14)28-13-23-11-15(9-19-23)21-18(25)7-8-22-12-16(10-20-22)24(26)27/h3-6,9-12H,2,7-8,13H2,1H3,(H,21,25). The van der Waals surface area contributed by atoms with Crippen LogP contribution >= 0.6 is 0 Å². The van der Waals surface area contributed by atoms with E-state index in [2.05, 4.69) is 22.4 Å². The van der Waals surface area contributed by atoms with Gasteiger partial charge in [-0.3, -0.25) is 19.6 Å². The van der Waals surface area contributed by atoms with Crippen molar-refractivity contribution >= 4 is 17.3 Å². The second kappa shape index (κ2) is 8.80. The Morgan fingerprint density at radius 2 is 1.93 bits per heavy atom. The highest BCUT2D eigenvalue weighted by molar-refractivity contribution is 5.90. The van der Waals surface area contributed by atoms with Crippen molar-refractivity contribution < 1.29 is 14.5 Å². The smallest absolute Gasteiger partial charge is 0.306 e. The Bertz CT molecular complexity index is 947. The molecule has 0 bridgehead atoms. The van der Waals surface area contributed by atoms with Crippen LogP contribution in [0.1, 0.15) is 18.9 Å². The number of rotatable bonds is 9. The van der Waals surface area contributed by atoms with Crippen molar-refractivity contribution in [2.24, 2.45) is 0 Å². The Labute approximate surface area is 160 Å². The molecule has 2 heterocycles. The van der Waals surface area contributed by atoms with E-state index in [9.17, 15) is 14.9 Å². The van der Waals surface area contributed by atoms with Gasteiger partial charge in [0.05, 0.1) is 23.0 Å². The molecular formula is C18H20N6O4. The van der Waals surface area contributed by atoms with Crippen molar-refractivity contribution in [2.45, 2.75) is 33.0 Å². The summed E-state index contributed by atoms with van der Waals surface area (Å²) in [6.07, 6.45) is 6.73. The van der Waals surface area contributed by atoms with Gasteiger partial charge in [-0.1, -0.05) is 19.1 Å². The van der Waals surface area contributed by atoms with Gasteiger partial charge in [-0.2, -0.15) is 10.2 Å². The van der Waals surface area contributed by atoms with Gasteiger partial charge in [-0.15, -0.1) is 0 Å². The van der Waals surface area contributed by atoms with Crippen LogP contribution in [-0.4, -0.2) is 30.4 Å². The molecule has 0 aliphatic carbocycles. The molecule has 0 spiro atoms. The van der Waals surface area contributed by atoms with E-state index in [-0.39, 0.29) is 31.3 Å². The lowest BCUT2D eigenvalue weighted by molar-refractivity contribution is -0.385. The number of ether oxygens (including phenoxy) is 1. The maximum atomic E-state index is 12.0. The topological polar surface area (TPSA) is 117 Å². The minimum absolute atomic E-state index is 0.106. The van der Waals surface area contributed by atoms with Crippen LogP contribution in [-0.2, 0) is 24.5 Å². The summed E-state index contributed by atoms with van der Waals surface area (Å²) >= 11 is 0. The number of hydrogen-bond donors (Lipinski definition) is 1. The molecule has 3 rings (SSSR count). The molecule has 1 amide bonds. The average molecular weight is 384 g/mol. The molecule has 0 atom stereocenters. The summed E-state index contributed by atoms with van der Waals surface area (Å²) < 4.78 is 8.59. The van der Waals surface area contributed by atoms with Gasteiger partial charge in [0.25, 0.3) is 0 Å². The summed E-state index contributed by atoms with van der Waals surface area (Å²) in [5.41, 5.74) is 1.67. The van der Waals surface area contributed by atoms with Gasteiger partial charge >= 0.3 is 5.69 Å². The summed E-state index contributed by atoms with van der Waals surface area (Å²) in [6.45, 7) is 2.55. The number of aromatic nitrogens is 4. The third kappa shape index (κ3) is 5.16. The molecule has 0 fully saturated rings. The van der Waals surface area contributed by atoms with E-state index < -0.39 is 4.92 Å². The summed E-state index contributed by atoms with van der Waals surface area (Å²) in [4.78, 5) is 22.1. The summed E-state index contributed by atoms with van der Waals surface area (Å²) in [5, 5.41) is 21.3. The second-order valence-corrected chi connectivity index (χ2v) is 6.06. The molecule has 0 unspecified atom stereocenters.